The first kappa shape index (κ1) is 18.6. The van der Waals surface area contributed by atoms with Crippen LogP contribution in [0.25, 0.3) is 0 Å². The monoisotopic (exact) mass is 374 g/mol. The lowest BCUT2D eigenvalue weighted by atomic mass is 10.00. The standard InChI is InChI=1S/C19H22N2O4S/c1-14(15-5-3-2-4-6-15)20-26(24,25)18-8-7-17-12-21(19(23)13-22)10-9-16(17)11-18/h2-8,11,14,20,22H,9-10,12-13H2,1H3/t14-/m0/s1. The van der Waals surface area contributed by atoms with Gasteiger partial charge in [0.05, 0.1) is 4.90 Å². The Kier molecular flexibility index (Phi) is 5.41. The molecule has 0 unspecified atom stereocenters. The van der Waals surface area contributed by atoms with E-state index >= 15 is 0 Å². The number of aliphatic hydroxyl groups is 1. The maximum Gasteiger partial charge on any atom is 0.248 e. The summed E-state index contributed by atoms with van der Waals surface area (Å²) in [5.74, 6) is -0.314. The molecule has 0 aliphatic carbocycles. The van der Waals surface area contributed by atoms with Gasteiger partial charge in [0, 0.05) is 19.1 Å². The lowest BCUT2D eigenvalue weighted by Crippen LogP contribution is -2.37. The molecule has 1 heterocycles. The third-order valence-electron chi connectivity index (χ3n) is 4.62. The van der Waals surface area contributed by atoms with E-state index in [2.05, 4.69) is 4.72 Å². The second-order valence-corrected chi connectivity index (χ2v) is 8.12. The van der Waals surface area contributed by atoms with Crippen LogP contribution in [0, 0.1) is 0 Å². The highest BCUT2D eigenvalue weighted by atomic mass is 32.2. The van der Waals surface area contributed by atoms with Gasteiger partial charge in [0.15, 0.2) is 0 Å². The van der Waals surface area contributed by atoms with Gasteiger partial charge in [-0.3, -0.25) is 4.79 Å². The highest BCUT2D eigenvalue weighted by Gasteiger charge is 2.23. The number of carbonyl (C=O) groups is 1. The average Bonchev–Trinajstić information content (AvgIpc) is 2.66. The molecule has 2 N–H and O–H groups in total. The molecule has 6 nitrogen and oxygen atoms in total. The van der Waals surface area contributed by atoms with E-state index in [1.54, 1.807) is 23.1 Å². The van der Waals surface area contributed by atoms with E-state index < -0.39 is 16.6 Å². The van der Waals surface area contributed by atoms with Crippen LogP contribution in [0.3, 0.4) is 0 Å². The van der Waals surface area contributed by atoms with Crippen LogP contribution in [-0.2, 0) is 27.8 Å². The summed E-state index contributed by atoms with van der Waals surface area (Å²) >= 11 is 0. The molecule has 1 atom stereocenters. The maximum atomic E-state index is 12.7. The second kappa shape index (κ2) is 7.57. The third-order valence-corrected chi connectivity index (χ3v) is 6.16. The Bertz CT molecular complexity index is 897. The van der Waals surface area contributed by atoms with Crippen molar-refractivity contribution in [1.82, 2.24) is 9.62 Å². The van der Waals surface area contributed by atoms with Crippen molar-refractivity contribution < 1.29 is 18.3 Å². The van der Waals surface area contributed by atoms with E-state index in [-0.39, 0.29) is 16.8 Å². The van der Waals surface area contributed by atoms with Crippen LogP contribution in [-0.4, -0.2) is 37.5 Å². The summed E-state index contributed by atoms with van der Waals surface area (Å²) in [6, 6.07) is 14.0. The van der Waals surface area contributed by atoms with Gasteiger partial charge in [-0.1, -0.05) is 36.4 Å². The number of hydrogen-bond acceptors (Lipinski definition) is 4. The van der Waals surface area contributed by atoms with Crippen LogP contribution in [0.5, 0.6) is 0 Å². The maximum absolute atomic E-state index is 12.7. The van der Waals surface area contributed by atoms with Crippen molar-refractivity contribution in [3.05, 3.63) is 65.2 Å². The van der Waals surface area contributed by atoms with Crippen LogP contribution in [0.15, 0.2) is 53.4 Å². The van der Waals surface area contributed by atoms with E-state index in [4.69, 9.17) is 5.11 Å². The fourth-order valence-corrected chi connectivity index (χ4v) is 4.40. The molecule has 0 spiro atoms. The Labute approximate surface area is 153 Å². The van der Waals surface area contributed by atoms with Crippen molar-refractivity contribution in [3.63, 3.8) is 0 Å². The summed E-state index contributed by atoms with van der Waals surface area (Å²) in [5, 5.41) is 8.98. The van der Waals surface area contributed by atoms with Crippen LogP contribution in [0.2, 0.25) is 0 Å². The Morgan fingerprint density at radius 3 is 2.62 bits per heavy atom. The van der Waals surface area contributed by atoms with Crippen LogP contribution in [0.1, 0.15) is 29.7 Å². The molecule has 138 valence electrons. The lowest BCUT2D eigenvalue weighted by Gasteiger charge is -2.28. The van der Waals surface area contributed by atoms with Crippen LogP contribution < -0.4 is 4.72 Å². The number of rotatable bonds is 5. The summed E-state index contributed by atoms with van der Waals surface area (Å²) in [7, 11) is -3.65. The molecule has 1 aliphatic heterocycles. The molecule has 1 aliphatic rings. The molecule has 0 saturated carbocycles. The van der Waals surface area contributed by atoms with Gasteiger partial charge in [-0.25, -0.2) is 13.1 Å². The molecule has 0 aromatic heterocycles. The Morgan fingerprint density at radius 1 is 1.19 bits per heavy atom. The van der Waals surface area contributed by atoms with Crippen molar-refractivity contribution >= 4 is 15.9 Å². The van der Waals surface area contributed by atoms with Gasteiger partial charge in [0.25, 0.3) is 0 Å². The third kappa shape index (κ3) is 3.95. The van der Waals surface area contributed by atoms with E-state index in [0.29, 0.717) is 19.5 Å². The van der Waals surface area contributed by atoms with E-state index in [0.717, 1.165) is 16.7 Å². The Balaban J connectivity index is 1.79. The van der Waals surface area contributed by atoms with Gasteiger partial charge in [0.2, 0.25) is 15.9 Å². The highest BCUT2D eigenvalue weighted by Crippen LogP contribution is 2.24. The number of fused-ring (bicyclic) bond motifs is 1. The lowest BCUT2D eigenvalue weighted by molar-refractivity contribution is -0.135. The van der Waals surface area contributed by atoms with Crippen molar-refractivity contribution in [2.75, 3.05) is 13.2 Å². The molecule has 7 heteroatoms. The van der Waals surface area contributed by atoms with Gasteiger partial charge in [0.1, 0.15) is 6.61 Å². The van der Waals surface area contributed by atoms with E-state index in [9.17, 15) is 13.2 Å². The number of nitrogens with one attached hydrogen (secondary N) is 1. The SMILES string of the molecule is C[C@H](NS(=O)(=O)c1ccc2c(c1)CCN(C(=O)CO)C2)c1ccccc1. The number of amides is 1. The van der Waals surface area contributed by atoms with Crippen molar-refractivity contribution in [2.45, 2.75) is 30.8 Å². The van der Waals surface area contributed by atoms with Crippen molar-refractivity contribution in [2.24, 2.45) is 0 Å². The first-order chi connectivity index (χ1) is 12.4. The van der Waals surface area contributed by atoms with Crippen LogP contribution >= 0.6 is 0 Å². The van der Waals surface area contributed by atoms with E-state index in [1.807, 2.05) is 37.3 Å². The molecule has 3 rings (SSSR count). The number of aliphatic hydroxyl groups excluding tert-OH is 1. The molecule has 2 aromatic rings. The zero-order valence-corrected chi connectivity index (χ0v) is 15.4. The number of carbonyl (C=O) groups excluding carboxylic acids is 1. The molecule has 0 fully saturated rings. The van der Waals surface area contributed by atoms with E-state index in [1.165, 1.54) is 0 Å². The topological polar surface area (TPSA) is 86.7 Å². The fourth-order valence-electron chi connectivity index (χ4n) is 3.12. The smallest absolute Gasteiger partial charge is 0.248 e. The first-order valence-corrected chi connectivity index (χ1v) is 9.97. The second-order valence-electron chi connectivity index (χ2n) is 6.41. The molecule has 0 saturated heterocycles. The minimum atomic E-state index is -3.65. The molecule has 1 amide bonds. The average molecular weight is 374 g/mol. The zero-order chi connectivity index (χ0) is 18.7. The number of sulfonamides is 1. The largest absolute Gasteiger partial charge is 0.387 e. The summed E-state index contributed by atoms with van der Waals surface area (Å²) in [5.41, 5.74) is 2.72. The van der Waals surface area contributed by atoms with Gasteiger partial charge in [-0.2, -0.15) is 0 Å². The Morgan fingerprint density at radius 2 is 1.92 bits per heavy atom. The summed E-state index contributed by atoms with van der Waals surface area (Å²) in [6.45, 7) is 2.17. The van der Waals surface area contributed by atoms with Gasteiger partial charge < -0.3 is 10.0 Å². The molecule has 0 bridgehead atoms. The number of nitrogens with zero attached hydrogens (tertiary/aromatic N) is 1. The Hall–Kier alpha value is -2.22. The predicted octanol–water partition coefficient (Wildman–Crippen LogP) is 1.60. The molecular weight excluding hydrogens is 352 g/mol. The normalized spacial score (nSPS) is 15.4. The first-order valence-electron chi connectivity index (χ1n) is 8.48. The molecule has 0 radical (unpaired) electrons. The quantitative estimate of drug-likeness (QED) is 0.832. The van der Waals surface area contributed by atoms with Gasteiger partial charge in [-0.15, -0.1) is 0 Å². The summed E-state index contributed by atoms with van der Waals surface area (Å²) in [4.78, 5) is 13.4. The van der Waals surface area contributed by atoms with Gasteiger partial charge in [-0.05, 0) is 42.2 Å². The molecular formula is C19H22N2O4S. The summed E-state index contributed by atoms with van der Waals surface area (Å²) in [6.07, 6.45) is 0.568. The minimum absolute atomic E-state index is 0.223. The number of benzene rings is 2. The minimum Gasteiger partial charge on any atom is -0.387 e. The van der Waals surface area contributed by atoms with Crippen molar-refractivity contribution in [1.29, 1.82) is 0 Å². The molecule has 2 aromatic carbocycles. The highest BCUT2D eigenvalue weighted by molar-refractivity contribution is 7.89. The predicted molar refractivity (Wildman–Crippen MR) is 97.8 cm³/mol. The van der Waals surface area contributed by atoms with Crippen LogP contribution in [0.4, 0.5) is 0 Å². The van der Waals surface area contributed by atoms with Crippen molar-refractivity contribution in [3.8, 4) is 0 Å². The zero-order valence-electron chi connectivity index (χ0n) is 14.6. The number of hydrogen-bond donors (Lipinski definition) is 2. The summed E-state index contributed by atoms with van der Waals surface area (Å²) < 4.78 is 28.1. The fraction of sp³-hybridized carbons (Fsp3) is 0.316. The van der Waals surface area contributed by atoms with Gasteiger partial charge >= 0.3 is 0 Å². The molecule has 26 heavy (non-hydrogen) atoms.